The van der Waals surface area contributed by atoms with E-state index in [9.17, 15) is 4.79 Å². The lowest BCUT2D eigenvalue weighted by molar-refractivity contribution is 0.0528. The van der Waals surface area contributed by atoms with Crippen molar-refractivity contribution >= 4 is 45.3 Å². The molecule has 0 amide bonds. The third kappa shape index (κ3) is 6.82. The smallest absolute Gasteiger partial charge is 0.341 e. The molecule has 41 heavy (non-hydrogen) atoms. The van der Waals surface area contributed by atoms with Crippen LogP contribution in [0.3, 0.4) is 0 Å². The summed E-state index contributed by atoms with van der Waals surface area (Å²) in [7, 11) is 0. The number of esters is 1. The largest absolute Gasteiger partial charge is 0.462 e. The molecule has 7 nitrogen and oxygen atoms in total. The monoisotopic (exact) mass is 582 g/mol. The Morgan fingerprint density at radius 2 is 1.63 bits per heavy atom. The van der Waals surface area contributed by atoms with Gasteiger partial charge in [0.25, 0.3) is 0 Å². The number of ether oxygens (including phenoxy) is 2. The van der Waals surface area contributed by atoms with Gasteiger partial charge < -0.3 is 20.1 Å². The number of carbonyl (C=O) groups is 1. The first-order valence-corrected chi connectivity index (χ1v) is 14.4. The van der Waals surface area contributed by atoms with Crippen LogP contribution in [0, 0.1) is 13.8 Å². The lowest BCUT2D eigenvalue weighted by Gasteiger charge is -2.12. The van der Waals surface area contributed by atoms with Gasteiger partial charge in [-0.15, -0.1) is 11.3 Å². The van der Waals surface area contributed by atoms with Gasteiger partial charge in [-0.3, -0.25) is 4.68 Å². The second-order valence-corrected chi connectivity index (χ2v) is 10.7. The second-order valence-electron chi connectivity index (χ2n) is 9.29. The molecule has 0 aliphatic rings. The molecule has 0 saturated carbocycles. The molecule has 0 unspecified atom stereocenters. The van der Waals surface area contributed by atoms with E-state index in [0.717, 1.165) is 44.6 Å². The summed E-state index contributed by atoms with van der Waals surface area (Å²) in [5.74, 6) is 1.16. The maximum absolute atomic E-state index is 12.7. The van der Waals surface area contributed by atoms with Crippen molar-refractivity contribution in [3.8, 4) is 21.9 Å². The van der Waals surface area contributed by atoms with E-state index in [2.05, 4.69) is 10.6 Å². The number of anilines is 2. The number of hydrogen-bond acceptors (Lipinski definition) is 6. The van der Waals surface area contributed by atoms with Crippen LogP contribution >= 0.6 is 23.6 Å². The van der Waals surface area contributed by atoms with Gasteiger partial charge in [0.15, 0.2) is 5.11 Å². The first-order valence-electron chi connectivity index (χ1n) is 13.2. The van der Waals surface area contributed by atoms with Crippen molar-refractivity contribution in [2.24, 2.45) is 0 Å². The number of nitrogens with zero attached hydrogens (tertiary/aromatic N) is 2. The first-order chi connectivity index (χ1) is 19.9. The summed E-state index contributed by atoms with van der Waals surface area (Å²) >= 11 is 7.12. The van der Waals surface area contributed by atoms with Gasteiger partial charge in [-0.25, -0.2) is 4.79 Å². The number of rotatable bonds is 9. The Morgan fingerprint density at radius 3 is 2.37 bits per heavy atom. The topological polar surface area (TPSA) is 77.4 Å². The third-order valence-corrected chi connectivity index (χ3v) is 7.65. The molecule has 3 aromatic carbocycles. The molecular weight excluding hydrogens is 553 g/mol. The minimum atomic E-state index is -0.394. The number of aryl methyl sites for hydroxylation is 1. The number of aromatic nitrogens is 2. The first kappa shape index (κ1) is 28.1. The minimum Gasteiger partial charge on any atom is -0.462 e. The lowest BCUT2D eigenvalue weighted by Crippen LogP contribution is -2.21. The van der Waals surface area contributed by atoms with Crippen LogP contribution in [0.15, 0.2) is 91.0 Å². The number of thiophene rings is 1. The summed E-state index contributed by atoms with van der Waals surface area (Å²) in [5.41, 5.74) is 5.08. The normalized spacial score (nSPS) is 10.7. The SMILES string of the molecule is CCOC(=O)c1cc(-c2ccccc2)sc1NC(=S)Nc1c(C)nn(Cc2cccc(Oc3ccccc3)c2)c1C. The molecule has 0 aliphatic carbocycles. The summed E-state index contributed by atoms with van der Waals surface area (Å²) in [4.78, 5) is 13.7. The second kappa shape index (κ2) is 12.8. The predicted octanol–water partition coefficient (Wildman–Crippen LogP) is 8.05. The van der Waals surface area contributed by atoms with E-state index in [1.165, 1.54) is 11.3 Å². The van der Waals surface area contributed by atoms with Gasteiger partial charge in [0.2, 0.25) is 0 Å². The van der Waals surface area contributed by atoms with E-state index < -0.39 is 5.97 Å². The van der Waals surface area contributed by atoms with Crippen LogP contribution in [-0.2, 0) is 11.3 Å². The average molecular weight is 583 g/mol. The van der Waals surface area contributed by atoms with Crippen molar-refractivity contribution in [3.05, 3.63) is 114 Å². The third-order valence-electron chi connectivity index (χ3n) is 6.34. The summed E-state index contributed by atoms with van der Waals surface area (Å²) in [6.45, 7) is 6.58. The number of para-hydroxylation sites is 1. The number of thiocarbonyl (C=S) groups is 1. The van der Waals surface area contributed by atoms with Gasteiger partial charge in [0, 0.05) is 4.88 Å². The number of hydrogen-bond donors (Lipinski definition) is 2. The molecule has 2 heterocycles. The average Bonchev–Trinajstić information content (AvgIpc) is 3.51. The number of carbonyl (C=O) groups excluding carboxylic acids is 1. The van der Waals surface area contributed by atoms with Crippen LogP contribution in [0.25, 0.3) is 10.4 Å². The fourth-order valence-corrected chi connectivity index (χ4v) is 5.70. The molecule has 0 aliphatic heterocycles. The van der Waals surface area contributed by atoms with E-state index in [1.807, 2.05) is 110 Å². The Labute approximate surface area is 248 Å². The zero-order valence-corrected chi connectivity index (χ0v) is 24.6. The fraction of sp³-hybridized carbons (Fsp3) is 0.156. The summed E-state index contributed by atoms with van der Waals surface area (Å²) in [6.07, 6.45) is 0. The summed E-state index contributed by atoms with van der Waals surface area (Å²) < 4.78 is 13.2. The maximum Gasteiger partial charge on any atom is 0.341 e. The van der Waals surface area contributed by atoms with Gasteiger partial charge in [-0.05, 0) is 74.4 Å². The van der Waals surface area contributed by atoms with Gasteiger partial charge in [-0.1, -0.05) is 60.7 Å². The van der Waals surface area contributed by atoms with Crippen molar-refractivity contribution in [2.45, 2.75) is 27.3 Å². The van der Waals surface area contributed by atoms with Gasteiger partial charge in [-0.2, -0.15) is 5.10 Å². The summed E-state index contributed by atoms with van der Waals surface area (Å²) in [6, 6.07) is 29.4. The molecule has 9 heteroatoms. The molecule has 0 atom stereocenters. The summed E-state index contributed by atoms with van der Waals surface area (Å²) in [5, 5.41) is 12.2. The molecule has 2 N–H and O–H groups in total. The van der Waals surface area contributed by atoms with Crippen LogP contribution in [0.5, 0.6) is 11.5 Å². The van der Waals surface area contributed by atoms with E-state index >= 15 is 0 Å². The highest BCUT2D eigenvalue weighted by Gasteiger charge is 2.20. The van der Waals surface area contributed by atoms with Crippen LogP contribution in [0.1, 0.15) is 34.2 Å². The van der Waals surface area contributed by atoms with Crippen LogP contribution in [-0.4, -0.2) is 27.5 Å². The Bertz CT molecular complexity index is 1660. The van der Waals surface area contributed by atoms with Gasteiger partial charge >= 0.3 is 5.97 Å². The molecule has 5 rings (SSSR count). The number of benzene rings is 3. The van der Waals surface area contributed by atoms with E-state index in [1.54, 1.807) is 6.92 Å². The molecule has 0 fully saturated rings. The number of nitrogens with one attached hydrogen (secondary N) is 2. The highest BCUT2D eigenvalue weighted by molar-refractivity contribution is 7.80. The Kier molecular flexibility index (Phi) is 8.76. The Balaban J connectivity index is 1.31. The highest BCUT2D eigenvalue weighted by atomic mass is 32.1. The molecule has 5 aromatic rings. The minimum absolute atomic E-state index is 0.288. The Hall–Kier alpha value is -4.47. The molecule has 2 aromatic heterocycles. The highest BCUT2D eigenvalue weighted by Crippen LogP contribution is 2.36. The predicted molar refractivity (Wildman–Crippen MR) is 169 cm³/mol. The van der Waals surface area contributed by atoms with Crippen LogP contribution in [0.4, 0.5) is 10.7 Å². The Morgan fingerprint density at radius 1 is 0.927 bits per heavy atom. The fourth-order valence-electron chi connectivity index (χ4n) is 4.37. The van der Waals surface area contributed by atoms with Crippen molar-refractivity contribution in [3.63, 3.8) is 0 Å². The standard InChI is InChI=1S/C32H30N4O3S2/c1-4-38-31(37)27-19-28(24-13-7-5-8-14-24)41-30(27)34-32(40)33-29-21(2)35-36(22(29)3)20-23-12-11-17-26(18-23)39-25-15-9-6-10-16-25/h5-19H,4,20H2,1-3H3,(H2,33,34,40). The van der Waals surface area contributed by atoms with Crippen molar-refractivity contribution < 1.29 is 14.3 Å². The molecule has 0 bridgehead atoms. The lowest BCUT2D eigenvalue weighted by atomic mass is 10.1. The molecule has 0 radical (unpaired) electrons. The zero-order chi connectivity index (χ0) is 28.8. The molecule has 0 saturated heterocycles. The van der Waals surface area contributed by atoms with Crippen LogP contribution < -0.4 is 15.4 Å². The van der Waals surface area contributed by atoms with Crippen molar-refractivity contribution in [1.29, 1.82) is 0 Å². The molecule has 208 valence electrons. The van der Waals surface area contributed by atoms with Crippen molar-refractivity contribution in [1.82, 2.24) is 9.78 Å². The molecule has 0 spiro atoms. The van der Waals surface area contributed by atoms with E-state index in [-0.39, 0.29) is 6.61 Å². The maximum atomic E-state index is 12.7. The van der Waals surface area contributed by atoms with Gasteiger partial charge in [0.1, 0.15) is 16.5 Å². The van der Waals surface area contributed by atoms with Crippen LogP contribution in [0.2, 0.25) is 0 Å². The van der Waals surface area contributed by atoms with E-state index in [4.69, 9.17) is 26.8 Å². The quantitative estimate of drug-likeness (QED) is 0.134. The zero-order valence-electron chi connectivity index (χ0n) is 23.0. The van der Waals surface area contributed by atoms with Crippen molar-refractivity contribution in [2.75, 3.05) is 17.2 Å². The molecular formula is C32H30N4O3S2. The van der Waals surface area contributed by atoms with E-state index in [0.29, 0.717) is 22.2 Å². The van der Waals surface area contributed by atoms with Gasteiger partial charge in [0.05, 0.1) is 35.8 Å².